The Kier molecular flexibility index (Phi) is 1.84. The highest BCUT2D eigenvalue weighted by Crippen LogP contribution is 2.35. The third-order valence-electron chi connectivity index (χ3n) is 1.72. The first kappa shape index (κ1) is 9.20. The molecule has 0 bridgehead atoms. The molecule has 1 aromatic carbocycles. The zero-order valence-electron chi connectivity index (χ0n) is 6.78. The quantitative estimate of drug-likeness (QED) is 0.618. The normalized spacial score (nSPS) is 18.6. The van der Waals surface area contributed by atoms with Crippen molar-refractivity contribution < 1.29 is 22.0 Å². The van der Waals surface area contributed by atoms with Crippen LogP contribution in [0.4, 0.5) is 14.6 Å². The number of sulfonamides is 1. The fourth-order valence-corrected chi connectivity index (χ4v) is 1.90. The van der Waals surface area contributed by atoms with Crippen LogP contribution < -0.4 is 9.26 Å². The van der Waals surface area contributed by atoms with Gasteiger partial charge in [0.1, 0.15) is 11.5 Å². The molecule has 0 aromatic heterocycles. The number of hydrogen-bond donors (Lipinski definition) is 0. The number of rotatable bonds is 0. The van der Waals surface area contributed by atoms with Gasteiger partial charge in [0.05, 0.1) is 0 Å². The maximum atomic E-state index is 13.1. The van der Waals surface area contributed by atoms with Gasteiger partial charge in [-0.05, 0) is 12.1 Å². The first-order valence-corrected chi connectivity index (χ1v) is 5.23. The highest BCUT2D eigenvalue weighted by atomic mass is 32.2. The number of benzene rings is 1. The summed E-state index contributed by atoms with van der Waals surface area (Å²) in [5.41, 5.74) is -0.308. The van der Waals surface area contributed by atoms with Gasteiger partial charge in [-0.1, -0.05) is 9.01 Å². The molecule has 0 amide bonds. The van der Waals surface area contributed by atoms with E-state index in [0.29, 0.717) is 0 Å². The molecule has 1 aliphatic heterocycles. The van der Waals surface area contributed by atoms with E-state index >= 15 is 0 Å². The Labute approximate surface area is 78.7 Å². The first-order valence-electron chi connectivity index (χ1n) is 3.62. The molecule has 0 fully saturated rings. The third kappa shape index (κ3) is 1.29. The molecule has 0 atom stereocenters. The average molecular weight is 221 g/mol. The van der Waals surface area contributed by atoms with Gasteiger partial charge >= 0.3 is 0 Å². The van der Waals surface area contributed by atoms with Crippen LogP contribution in [0, 0.1) is 5.82 Å². The summed E-state index contributed by atoms with van der Waals surface area (Å²) < 4.78 is 52.0. The molecule has 0 N–H and O–H groups in total. The van der Waals surface area contributed by atoms with E-state index in [1.165, 1.54) is 0 Å². The van der Waals surface area contributed by atoms with Crippen molar-refractivity contribution in [3.05, 3.63) is 24.0 Å². The highest BCUT2D eigenvalue weighted by molar-refractivity contribution is 7.92. The van der Waals surface area contributed by atoms with Gasteiger partial charge in [-0.15, -0.1) is 0 Å². The van der Waals surface area contributed by atoms with Crippen molar-refractivity contribution in [3.63, 3.8) is 0 Å². The summed E-state index contributed by atoms with van der Waals surface area (Å²) in [5, 5.41) is 0. The van der Waals surface area contributed by atoms with E-state index in [1.54, 1.807) is 0 Å². The molecule has 1 heterocycles. The van der Waals surface area contributed by atoms with E-state index in [-0.39, 0.29) is 11.4 Å². The van der Waals surface area contributed by atoms with Gasteiger partial charge in [-0.2, -0.15) is 0 Å². The molecule has 0 saturated carbocycles. The van der Waals surface area contributed by atoms with Crippen LogP contribution in [-0.4, -0.2) is 14.4 Å². The predicted octanol–water partition coefficient (Wildman–Crippen LogP) is 1.20. The lowest BCUT2D eigenvalue weighted by Gasteiger charge is -2.22. The van der Waals surface area contributed by atoms with Crippen molar-refractivity contribution in [1.29, 1.82) is 0 Å². The van der Waals surface area contributed by atoms with Gasteiger partial charge in [0.2, 0.25) is 5.94 Å². The summed E-state index contributed by atoms with van der Waals surface area (Å²) in [5.74, 6) is -1.56. The minimum atomic E-state index is -4.07. The second-order valence-electron chi connectivity index (χ2n) is 2.70. The molecule has 4 nitrogen and oxygen atoms in total. The maximum absolute atomic E-state index is 13.1. The monoisotopic (exact) mass is 221 g/mol. The number of ether oxygens (including phenoxy) is 1. The average Bonchev–Trinajstić information content (AvgIpc) is 2.12. The minimum Gasteiger partial charge on any atom is -0.473 e. The van der Waals surface area contributed by atoms with E-state index < -0.39 is 26.3 Å². The lowest BCUT2D eigenvalue weighted by Crippen LogP contribution is -2.32. The third-order valence-corrected chi connectivity index (χ3v) is 2.82. The Morgan fingerprint density at radius 3 is 2.86 bits per heavy atom. The summed E-state index contributed by atoms with van der Waals surface area (Å²) in [4.78, 5) is 0. The molecule has 7 heteroatoms. The molecule has 1 aromatic rings. The summed E-state index contributed by atoms with van der Waals surface area (Å²) in [6, 6.07) is 2.88. The Morgan fingerprint density at radius 2 is 2.14 bits per heavy atom. The standard InChI is InChI=1S/C7H5F2NO3S/c8-5-1-2-6-7(3-5)13-4-14(11,12)10(6)9/h1-3H,4H2. The summed E-state index contributed by atoms with van der Waals surface area (Å²) in [7, 11) is -4.07. The van der Waals surface area contributed by atoms with Crippen LogP contribution in [0.25, 0.3) is 0 Å². The van der Waals surface area contributed by atoms with Crippen molar-refractivity contribution in [3.8, 4) is 5.75 Å². The number of hydrogen-bond acceptors (Lipinski definition) is 3. The molecule has 0 saturated heterocycles. The van der Waals surface area contributed by atoms with Crippen LogP contribution in [0.2, 0.25) is 0 Å². The predicted molar refractivity (Wildman–Crippen MR) is 44.4 cm³/mol. The molecule has 0 aliphatic carbocycles. The molecule has 76 valence electrons. The zero-order chi connectivity index (χ0) is 10.3. The fourth-order valence-electron chi connectivity index (χ4n) is 1.08. The molecular formula is C7H5F2NO3S. The molecule has 0 unspecified atom stereocenters. The van der Waals surface area contributed by atoms with E-state index in [1.807, 2.05) is 0 Å². The summed E-state index contributed by atoms with van der Waals surface area (Å²) >= 11 is 0. The largest absolute Gasteiger partial charge is 0.473 e. The minimum absolute atomic E-state index is 0.123. The van der Waals surface area contributed by atoms with Gasteiger partial charge in [-0.25, -0.2) is 12.8 Å². The molecule has 0 spiro atoms. The molecule has 14 heavy (non-hydrogen) atoms. The van der Waals surface area contributed by atoms with Crippen LogP contribution in [0.3, 0.4) is 0 Å². The Hall–Kier alpha value is -1.37. The Balaban J connectivity index is 2.57. The topological polar surface area (TPSA) is 46.6 Å². The van der Waals surface area contributed by atoms with Crippen molar-refractivity contribution in [1.82, 2.24) is 0 Å². The van der Waals surface area contributed by atoms with Gasteiger partial charge in [0.25, 0.3) is 10.0 Å². The SMILES string of the molecule is O=S1(=O)COc2cc(F)ccc2N1F. The molecule has 0 radical (unpaired) electrons. The van der Waals surface area contributed by atoms with Crippen LogP contribution in [0.5, 0.6) is 5.75 Å². The van der Waals surface area contributed by atoms with Crippen molar-refractivity contribution >= 4 is 15.7 Å². The number of anilines is 1. The van der Waals surface area contributed by atoms with Crippen LogP contribution >= 0.6 is 0 Å². The van der Waals surface area contributed by atoms with Crippen molar-refractivity contribution in [2.24, 2.45) is 0 Å². The first-order chi connectivity index (χ1) is 6.50. The summed E-state index contributed by atoms with van der Waals surface area (Å²) in [6.07, 6.45) is 0. The van der Waals surface area contributed by atoms with Crippen molar-refractivity contribution in [2.75, 3.05) is 10.5 Å². The Bertz CT molecular complexity index is 474. The smallest absolute Gasteiger partial charge is 0.297 e. The maximum Gasteiger partial charge on any atom is 0.297 e. The lowest BCUT2D eigenvalue weighted by atomic mass is 10.3. The summed E-state index contributed by atoms with van der Waals surface area (Å²) in [6.45, 7) is 0. The second-order valence-corrected chi connectivity index (χ2v) is 4.42. The van der Waals surface area contributed by atoms with Crippen LogP contribution in [-0.2, 0) is 10.0 Å². The number of nitrogens with zero attached hydrogens (tertiary/aromatic N) is 1. The molecule has 1 aliphatic rings. The van der Waals surface area contributed by atoms with Gasteiger partial charge < -0.3 is 4.74 Å². The lowest BCUT2D eigenvalue weighted by molar-refractivity contribution is 0.348. The van der Waals surface area contributed by atoms with E-state index in [2.05, 4.69) is 4.74 Å². The number of halogens is 2. The van der Waals surface area contributed by atoms with E-state index in [9.17, 15) is 17.3 Å². The number of fused-ring (bicyclic) bond motifs is 1. The van der Waals surface area contributed by atoms with Gasteiger partial charge in [0, 0.05) is 6.07 Å². The van der Waals surface area contributed by atoms with Gasteiger partial charge in [0.15, 0.2) is 5.75 Å². The molecule has 2 rings (SSSR count). The van der Waals surface area contributed by atoms with E-state index in [0.717, 1.165) is 18.2 Å². The highest BCUT2D eigenvalue weighted by Gasteiger charge is 2.31. The van der Waals surface area contributed by atoms with Gasteiger partial charge in [-0.3, -0.25) is 0 Å². The Morgan fingerprint density at radius 1 is 1.43 bits per heavy atom. The zero-order valence-corrected chi connectivity index (χ0v) is 7.59. The van der Waals surface area contributed by atoms with Crippen LogP contribution in [0.1, 0.15) is 0 Å². The van der Waals surface area contributed by atoms with E-state index in [4.69, 9.17) is 0 Å². The second kappa shape index (κ2) is 2.81. The van der Waals surface area contributed by atoms with Crippen molar-refractivity contribution in [2.45, 2.75) is 0 Å². The molecular weight excluding hydrogens is 216 g/mol. The van der Waals surface area contributed by atoms with Crippen LogP contribution in [0.15, 0.2) is 18.2 Å². The fraction of sp³-hybridized carbons (Fsp3) is 0.143.